The van der Waals surface area contributed by atoms with Gasteiger partial charge in [0.2, 0.25) is 0 Å². The predicted molar refractivity (Wildman–Crippen MR) is 89.3 cm³/mol. The Morgan fingerprint density at radius 3 is 2.55 bits per heavy atom. The summed E-state index contributed by atoms with van der Waals surface area (Å²) >= 11 is 1.83. The Bertz CT molecular complexity index is 533. The van der Waals surface area contributed by atoms with Gasteiger partial charge in [-0.05, 0) is 36.6 Å². The molecule has 20 heavy (non-hydrogen) atoms. The monoisotopic (exact) mass is 285 g/mol. The number of nitrogens with two attached hydrogens (primary N) is 1. The fourth-order valence-corrected chi connectivity index (χ4v) is 3.08. The molecule has 2 N–H and O–H groups in total. The maximum absolute atomic E-state index is 6.32. The van der Waals surface area contributed by atoms with Gasteiger partial charge in [-0.25, -0.2) is 0 Å². The molecule has 1 atom stereocenters. The van der Waals surface area contributed by atoms with Gasteiger partial charge in [-0.2, -0.15) is 0 Å². The van der Waals surface area contributed by atoms with E-state index >= 15 is 0 Å². The highest BCUT2D eigenvalue weighted by Crippen LogP contribution is 2.24. The number of rotatable bonds is 6. The molecule has 2 rings (SSSR count). The van der Waals surface area contributed by atoms with Crippen molar-refractivity contribution in [3.05, 3.63) is 65.2 Å². The lowest BCUT2D eigenvalue weighted by atomic mass is 10.0. The second-order valence-electron chi connectivity index (χ2n) is 5.23. The van der Waals surface area contributed by atoms with E-state index in [2.05, 4.69) is 62.4 Å². The first-order chi connectivity index (χ1) is 9.69. The Balaban J connectivity index is 1.95. The lowest BCUT2D eigenvalue weighted by Crippen LogP contribution is -2.13. The molecular weight excluding hydrogens is 262 g/mol. The predicted octanol–water partition coefficient (Wildman–Crippen LogP) is 4.74. The van der Waals surface area contributed by atoms with Crippen LogP contribution < -0.4 is 5.73 Å². The summed E-state index contributed by atoms with van der Waals surface area (Å²) in [5.74, 6) is 0.915. The topological polar surface area (TPSA) is 26.0 Å². The van der Waals surface area contributed by atoms with Crippen LogP contribution in [0.4, 0.5) is 0 Å². The quantitative estimate of drug-likeness (QED) is 0.776. The van der Waals surface area contributed by atoms with Crippen molar-refractivity contribution in [2.45, 2.75) is 37.6 Å². The van der Waals surface area contributed by atoms with Crippen molar-refractivity contribution in [3.63, 3.8) is 0 Å². The lowest BCUT2D eigenvalue weighted by molar-refractivity contribution is 0.823. The van der Waals surface area contributed by atoms with Gasteiger partial charge in [0.25, 0.3) is 0 Å². The average Bonchev–Trinajstić information content (AvgIpc) is 2.47. The Morgan fingerprint density at radius 1 is 1.10 bits per heavy atom. The van der Waals surface area contributed by atoms with Crippen molar-refractivity contribution in [3.8, 4) is 0 Å². The van der Waals surface area contributed by atoms with E-state index < -0.39 is 0 Å². The lowest BCUT2D eigenvalue weighted by Gasteiger charge is -2.13. The van der Waals surface area contributed by atoms with E-state index in [-0.39, 0.29) is 6.04 Å². The van der Waals surface area contributed by atoms with Gasteiger partial charge in [0.1, 0.15) is 0 Å². The molecule has 0 fully saturated rings. The fourth-order valence-electron chi connectivity index (χ4n) is 2.18. The largest absolute Gasteiger partial charge is 0.323 e. The van der Waals surface area contributed by atoms with Crippen LogP contribution in [0.5, 0.6) is 0 Å². The van der Waals surface area contributed by atoms with Crippen LogP contribution in [-0.4, -0.2) is 5.75 Å². The van der Waals surface area contributed by atoms with Crippen LogP contribution in [0.1, 0.15) is 36.1 Å². The van der Waals surface area contributed by atoms with Crippen LogP contribution in [0.15, 0.2) is 53.4 Å². The van der Waals surface area contributed by atoms with Crippen LogP contribution in [0.25, 0.3) is 0 Å². The maximum Gasteiger partial charge on any atom is 0.0390 e. The minimum Gasteiger partial charge on any atom is -0.323 e. The van der Waals surface area contributed by atoms with Crippen LogP contribution in [0.2, 0.25) is 0 Å². The molecule has 0 spiro atoms. The molecule has 2 aromatic carbocycles. The molecule has 1 unspecified atom stereocenters. The number of hydrogen-bond acceptors (Lipinski definition) is 2. The van der Waals surface area contributed by atoms with Crippen molar-refractivity contribution in [2.75, 3.05) is 5.75 Å². The molecule has 2 heteroatoms. The number of benzene rings is 2. The molecule has 0 saturated heterocycles. The molecule has 0 aromatic heterocycles. The molecule has 0 aliphatic carbocycles. The number of aryl methyl sites for hydroxylation is 2. The molecule has 0 amide bonds. The van der Waals surface area contributed by atoms with Gasteiger partial charge in [-0.15, -0.1) is 11.8 Å². The number of hydrogen-bond donors (Lipinski definition) is 1. The normalized spacial score (nSPS) is 12.3. The van der Waals surface area contributed by atoms with E-state index in [1.165, 1.54) is 28.0 Å². The zero-order chi connectivity index (χ0) is 14.4. The summed E-state index contributed by atoms with van der Waals surface area (Å²) in [6, 6.07) is 17.4. The molecule has 106 valence electrons. The highest BCUT2D eigenvalue weighted by Gasteiger charge is 2.07. The fraction of sp³-hybridized carbons (Fsp3) is 0.333. The van der Waals surface area contributed by atoms with E-state index in [0.29, 0.717) is 0 Å². The minimum atomic E-state index is 0.0955. The van der Waals surface area contributed by atoms with E-state index in [1.807, 2.05) is 11.8 Å². The SMILES string of the molecule is CCCc1cccc(C(N)CSc2ccc(C)cc2)c1. The zero-order valence-corrected chi connectivity index (χ0v) is 13.1. The summed E-state index contributed by atoms with van der Waals surface area (Å²) in [6.45, 7) is 4.32. The molecular formula is C18H23NS. The molecule has 0 saturated carbocycles. The van der Waals surface area contributed by atoms with Gasteiger partial charge in [0, 0.05) is 16.7 Å². The Hall–Kier alpha value is -1.25. The van der Waals surface area contributed by atoms with Crippen LogP contribution in [0.3, 0.4) is 0 Å². The first-order valence-corrected chi connectivity index (χ1v) is 8.21. The van der Waals surface area contributed by atoms with Crippen LogP contribution in [-0.2, 0) is 6.42 Å². The van der Waals surface area contributed by atoms with E-state index in [9.17, 15) is 0 Å². The highest BCUT2D eigenvalue weighted by molar-refractivity contribution is 7.99. The van der Waals surface area contributed by atoms with Gasteiger partial charge in [0.05, 0.1) is 0 Å². The Kier molecular flexibility index (Phi) is 5.69. The van der Waals surface area contributed by atoms with E-state index in [0.717, 1.165) is 12.2 Å². The van der Waals surface area contributed by atoms with Crippen molar-refractivity contribution in [1.29, 1.82) is 0 Å². The molecule has 2 aromatic rings. The van der Waals surface area contributed by atoms with Gasteiger partial charge in [-0.1, -0.05) is 55.3 Å². The molecule has 1 nitrogen and oxygen atoms in total. The van der Waals surface area contributed by atoms with Crippen molar-refractivity contribution < 1.29 is 0 Å². The van der Waals surface area contributed by atoms with E-state index in [4.69, 9.17) is 5.73 Å². The van der Waals surface area contributed by atoms with Crippen molar-refractivity contribution in [2.24, 2.45) is 5.73 Å². The van der Waals surface area contributed by atoms with Crippen LogP contribution >= 0.6 is 11.8 Å². The standard InChI is InChI=1S/C18H23NS/c1-3-5-15-6-4-7-16(12-15)18(19)13-20-17-10-8-14(2)9-11-17/h4,6-12,18H,3,5,13,19H2,1-2H3. The number of thioether (sulfide) groups is 1. The van der Waals surface area contributed by atoms with Crippen LogP contribution in [0, 0.1) is 6.92 Å². The smallest absolute Gasteiger partial charge is 0.0390 e. The summed E-state index contributed by atoms with van der Waals surface area (Å²) in [5.41, 5.74) is 10.2. The summed E-state index contributed by atoms with van der Waals surface area (Å²) in [4.78, 5) is 1.29. The third-order valence-corrected chi connectivity index (χ3v) is 4.50. The van der Waals surface area contributed by atoms with Gasteiger partial charge in [0.15, 0.2) is 0 Å². The maximum atomic E-state index is 6.32. The summed E-state index contributed by atoms with van der Waals surface area (Å²) in [7, 11) is 0. The zero-order valence-electron chi connectivity index (χ0n) is 12.3. The second-order valence-corrected chi connectivity index (χ2v) is 6.32. The highest BCUT2D eigenvalue weighted by atomic mass is 32.2. The van der Waals surface area contributed by atoms with Crippen molar-refractivity contribution >= 4 is 11.8 Å². The first-order valence-electron chi connectivity index (χ1n) is 7.23. The third-order valence-electron chi connectivity index (χ3n) is 3.37. The van der Waals surface area contributed by atoms with Gasteiger partial charge < -0.3 is 5.73 Å². The van der Waals surface area contributed by atoms with Gasteiger partial charge >= 0.3 is 0 Å². The summed E-state index contributed by atoms with van der Waals surface area (Å²) in [5, 5.41) is 0. The van der Waals surface area contributed by atoms with E-state index in [1.54, 1.807) is 0 Å². The molecule has 0 heterocycles. The molecule has 0 radical (unpaired) electrons. The first kappa shape index (κ1) is 15.1. The Labute approximate surface area is 126 Å². The molecule has 0 aliphatic rings. The third kappa shape index (κ3) is 4.39. The summed E-state index contributed by atoms with van der Waals surface area (Å²) < 4.78 is 0. The minimum absolute atomic E-state index is 0.0955. The average molecular weight is 285 g/mol. The Morgan fingerprint density at radius 2 is 1.85 bits per heavy atom. The van der Waals surface area contributed by atoms with Gasteiger partial charge in [-0.3, -0.25) is 0 Å². The molecule has 0 aliphatic heterocycles. The molecule has 0 bridgehead atoms. The summed E-state index contributed by atoms with van der Waals surface area (Å²) in [6.07, 6.45) is 2.31. The second kappa shape index (κ2) is 7.51. The van der Waals surface area contributed by atoms with Crippen molar-refractivity contribution in [1.82, 2.24) is 0 Å².